The first-order valence-electron chi connectivity index (χ1n) is 10.5. The van der Waals surface area contributed by atoms with Gasteiger partial charge in [-0.15, -0.1) is 0 Å². The Balaban J connectivity index is 1.59. The van der Waals surface area contributed by atoms with Crippen LogP contribution in [-0.2, 0) is 26.1 Å². The van der Waals surface area contributed by atoms with E-state index in [2.05, 4.69) is 10.2 Å². The molecule has 0 aliphatic carbocycles. The molecule has 0 saturated heterocycles. The van der Waals surface area contributed by atoms with Crippen LogP contribution in [-0.4, -0.2) is 42.7 Å². The molecule has 1 N–H and O–H groups in total. The van der Waals surface area contributed by atoms with Crippen molar-refractivity contribution in [3.8, 4) is 11.5 Å². The number of benzene rings is 1. The molecule has 8 nitrogen and oxygen atoms in total. The lowest BCUT2D eigenvalue weighted by Gasteiger charge is -2.18. The Kier molecular flexibility index (Phi) is 6.61. The van der Waals surface area contributed by atoms with Crippen molar-refractivity contribution in [2.24, 2.45) is 0 Å². The summed E-state index contributed by atoms with van der Waals surface area (Å²) in [6, 6.07) is 10.9. The van der Waals surface area contributed by atoms with E-state index in [1.165, 1.54) is 13.2 Å². The van der Waals surface area contributed by atoms with Crippen molar-refractivity contribution in [2.45, 2.75) is 26.1 Å². The monoisotopic (exact) mass is 437 g/mol. The predicted molar refractivity (Wildman–Crippen MR) is 119 cm³/mol. The van der Waals surface area contributed by atoms with E-state index in [9.17, 15) is 9.59 Å². The fourth-order valence-corrected chi connectivity index (χ4v) is 4.11. The number of hydrogen-bond acceptors (Lipinski definition) is 6. The van der Waals surface area contributed by atoms with E-state index in [4.69, 9.17) is 13.9 Å². The summed E-state index contributed by atoms with van der Waals surface area (Å²) in [4.78, 5) is 28.3. The maximum atomic E-state index is 13.3. The van der Waals surface area contributed by atoms with E-state index >= 15 is 0 Å². The molecule has 0 radical (unpaired) electrons. The molecule has 4 rings (SSSR count). The van der Waals surface area contributed by atoms with Gasteiger partial charge in [0.15, 0.2) is 0 Å². The van der Waals surface area contributed by atoms with Crippen LogP contribution >= 0.6 is 0 Å². The molecule has 0 fully saturated rings. The highest BCUT2D eigenvalue weighted by Gasteiger charge is 2.25. The number of aromatic nitrogens is 1. The number of hydrogen-bond donors (Lipinski definition) is 1. The van der Waals surface area contributed by atoms with E-state index < -0.39 is 0 Å². The van der Waals surface area contributed by atoms with Crippen LogP contribution in [0.25, 0.3) is 0 Å². The Morgan fingerprint density at radius 1 is 1.09 bits per heavy atom. The first-order chi connectivity index (χ1) is 15.6. The number of methoxy groups -OCH3 is 2. The molecule has 0 bridgehead atoms. The molecule has 3 heterocycles. The van der Waals surface area contributed by atoms with E-state index in [-0.39, 0.29) is 11.5 Å². The molecule has 168 valence electrons. The van der Waals surface area contributed by atoms with Crippen LogP contribution in [0.1, 0.15) is 27.2 Å². The lowest BCUT2D eigenvalue weighted by molar-refractivity contribution is 0.0945. The lowest BCUT2D eigenvalue weighted by atomic mass is 10.1. The third-order valence-electron chi connectivity index (χ3n) is 5.75. The van der Waals surface area contributed by atoms with Gasteiger partial charge in [-0.1, -0.05) is 18.2 Å². The molecule has 0 unspecified atom stereocenters. The molecule has 0 atom stereocenters. The second-order valence-electron chi connectivity index (χ2n) is 7.68. The summed E-state index contributed by atoms with van der Waals surface area (Å²) >= 11 is 0. The zero-order chi connectivity index (χ0) is 22.5. The quantitative estimate of drug-likeness (QED) is 0.611. The second-order valence-corrected chi connectivity index (χ2v) is 7.68. The maximum Gasteiger partial charge on any atom is 0.257 e. The van der Waals surface area contributed by atoms with Gasteiger partial charge in [0, 0.05) is 62.0 Å². The summed E-state index contributed by atoms with van der Waals surface area (Å²) in [6.07, 6.45) is 3.94. The molecular formula is C24H27N3O5. The maximum absolute atomic E-state index is 13.3. The van der Waals surface area contributed by atoms with E-state index in [0.29, 0.717) is 55.4 Å². The number of fused-ring (bicyclic) bond motifs is 1. The number of pyridine rings is 1. The smallest absolute Gasteiger partial charge is 0.257 e. The second kappa shape index (κ2) is 9.74. The van der Waals surface area contributed by atoms with Crippen LogP contribution in [0.4, 0.5) is 0 Å². The minimum Gasteiger partial charge on any atom is -0.496 e. The zero-order valence-corrected chi connectivity index (χ0v) is 18.3. The van der Waals surface area contributed by atoms with Crippen LogP contribution < -0.4 is 20.3 Å². The molecule has 1 amide bonds. The summed E-state index contributed by atoms with van der Waals surface area (Å²) in [6.45, 7) is 2.95. The molecule has 3 aromatic rings. The van der Waals surface area contributed by atoms with E-state index in [1.54, 1.807) is 24.2 Å². The van der Waals surface area contributed by atoms with Gasteiger partial charge in [-0.2, -0.15) is 0 Å². The molecule has 8 heteroatoms. The number of furan rings is 1. The fourth-order valence-electron chi connectivity index (χ4n) is 4.11. The number of ether oxygens (including phenoxy) is 2. The molecular weight excluding hydrogens is 410 g/mol. The molecule has 32 heavy (non-hydrogen) atoms. The summed E-state index contributed by atoms with van der Waals surface area (Å²) < 4.78 is 17.7. The predicted octanol–water partition coefficient (Wildman–Crippen LogP) is 2.45. The van der Waals surface area contributed by atoms with Gasteiger partial charge in [0.05, 0.1) is 26.7 Å². The van der Waals surface area contributed by atoms with Gasteiger partial charge in [-0.3, -0.25) is 14.5 Å². The van der Waals surface area contributed by atoms with Crippen LogP contribution in [0.2, 0.25) is 0 Å². The largest absolute Gasteiger partial charge is 0.496 e. The Hall–Kier alpha value is -3.52. The number of nitrogens with zero attached hydrogens (tertiary/aromatic N) is 2. The number of rotatable bonds is 7. The van der Waals surface area contributed by atoms with Crippen LogP contribution in [0.5, 0.6) is 11.5 Å². The average Bonchev–Trinajstić information content (AvgIpc) is 3.23. The van der Waals surface area contributed by atoms with Crippen LogP contribution in [0, 0.1) is 0 Å². The van der Waals surface area contributed by atoms with Crippen molar-refractivity contribution >= 4 is 5.91 Å². The van der Waals surface area contributed by atoms with Gasteiger partial charge in [0.1, 0.15) is 17.1 Å². The summed E-state index contributed by atoms with van der Waals surface area (Å²) in [5.74, 6) is 0.722. The van der Waals surface area contributed by atoms with Crippen molar-refractivity contribution < 1.29 is 18.7 Å². The average molecular weight is 437 g/mol. The highest BCUT2D eigenvalue weighted by atomic mass is 16.5. The molecule has 0 spiro atoms. The summed E-state index contributed by atoms with van der Waals surface area (Å²) in [7, 11) is 3.08. The van der Waals surface area contributed by atoms with Gasteiger partial charge >= 0.3 is 0 Å². The third-order valence-corrected chi connectivity index (χ3v) is 5.75. The Bertz CT molecular complexity index is 1140. The van der Waals surface area contributed by atoms with Gasteiger partial charge in [-0.05, 0) is 12.1 Å². The standard InChI is InChI=1S/C24H27N3O5/c1-30-20-6-4-3-5-18(20)14-25-24(29)23-19-7-9-26(15-17-8-12-32-16-17)10-11-27(19)22(28)13-21(23)31-2/h3-6,8,12-13,16H,7,9-11,14-15H2,1-2H3,(H,25,29). The van der Waals surface area contributed by atoms with Crippen molar-refractivity contribution in [1.29, 1.82) is 0 Å². The van der Waals surface area contributed by atoms with Gasteiger partial charge in [0.25, 0.3) is 11.5 Å². The number of carbonyl (C=O) groups is 1. The van der Waals surface area contributed by atoms with Crippen molar-refractivity contribution in [3.63, 3.8) is 0 Å². The topological polar surface area (TPSA) is 85.9 Å². The summed E-state index contributed by atoms with van der Waals surface area (Å²) in [5, 5.41) is 2.96. The minimum atomic E-state index is -0.278. The van der Waals surface area contributed by atoms with E-state index in [0.717, 1.165) is 17.7 Å². The number of nitrogens with one attached hydrogen (secondary N) is 1. The van der Waals surface area contributed by atoms with Crippen molar-refractivity contribution in [1.82, 2.24) is 14.8 Å². The Morgan fingerprint density at radius 2 is 1.91 bits per heavy atom. The van der Waals surface area contributed by atoms with Crippen LogP contribution in [0.3, 0.4) is 0 Å². The molecule has 0 saturated carbocycles. The van der Waals surface area contributed by atoms with Gasteiger partial charge in [0.2, 0.25) is 0 Å². The molecule has 2 aromatic heterocycles. The highest BCUT2D eigenvalue weighted by Crippen LogP contribution is 2.24. The zero-order valence-electron chi connectivity index (χ0n) is 18.3. The van der Waals surface area contributed by atoms with Gasteiger partial charge in [-0.25, -0.2) is 0 Å². The summed E-state index contributed by atoms with van der Waals surface area (Å²) in [5.41, 5.74) is 2.89. The molecule has 1 aromatic carbocycles. The van der Waals surface area contributed by atoms with E-state index in [1.807, 2.05) is 30.3 Å². The molecule has 1 aliphatic rings. The van der Waals surface area contributed by atoms with Crippen molar-refractivity contribution in [3.05, 3.63) is 81.7 Å². The Labute approximate surface area is 186 Å². The highest BCUT2D eigenvalue weighted by molar-refractivity contribution is 5.98. The first-order valence-corrected chi connectivity index (χ1v) is 10.5. The number of para-hydroxylation sites is 1. The van der Waals surface area contributed by atoms with Crippen LogP contribution in [0.15, 0.2) is 58.1 Å². The van der Waals surface area contributed by atoms with Gasteiger partial charge < -0.3 is 23.8 Å². The number of carbonyl (C=O) groups excluding carboxylic acids is 1. The fraction of sp³-hybridized carbons (Fsp3) is 0.333. The Morgan fingerprint density at radius 3 is 2.66 bits per heavy atom. The van der Waals surface area contributed by atoms with Crippen molar-refractivity contribution in [2.75, 3.05) is 27.3 Å². The number of amides is 1. The molecule has 1 aliphatic heterocycles. The normalized spacial score (nSPS) is 13.8. The third kappa shape index (κ3) is 4.55. The first kappa shape index (κ1) is 21.7. The lowest BCUT2D eigenvalue weighted by Crippen LogP contribution is -2.31. The minimum absolute atomic E-state index is 0.164. The SMILES string of the molecule is COc1ccccc1CNC(=O)c1c(OC)cc(=O)n2c1CCN(Cc1ccoc1)CC2.